The van der Waals surface area contributed by atoms with Crippen molar-refractivity contribution in [3.05, 3.63) is 35.4 Å². The first kappa shape index (κ1) is 12.0. The standard InChI is InChI=1S/C12H14F2N2O/c13-10-4-1-3-9(12(10)14)8-16-6-2-5-15-7-11(16)17/h1,3-4,15H,2,5-8H2. The van der Waals surface area contributed by atoms with E-state index >= 15 is 0 Å². The highest BCUT2D eigenvalue weighted by molar-refractivity contribution is 5.78. The van der Waals surface area contributed by atoms with Gasteiger partial charge in [-0.15, -0.1) is 0 Å². The van der Waals surface area contributed by atoms with E-state index in [9.17, 15) is 13.6 Å². The number of nitrogens with zero attached hydrogens (tertiary/aromatic N) is 1. The third kappa shape index (κ3) is 2.79. The van der Waals surface area contributed by atoms with E-state index in [0.29, 0.717) is 6.54 Å². The van der Waals surface area contributed by atoms with Crippen LogP contribution in [0, 0.1) is 11.6 Å². The van der Waals surface area contributed by atoms with Crippen LogP contribution in [0.5, 0.6) is 0 Å². The van der Waals surface area contributed by atoms with Gasteiger partial charge in [-0.3, -0.25) is 4.79 Å². The first-order chi connectivity index (χ1) is 8.18. The summed E-state index contributed by atoms with van der Waals surface area (Å²) in [4.78, 5) is 13.2. The van der Waals surface area contributed by atoms with Crippen molar-refractivity contribution >= 4 is 5.91 Å². The van der Waals surface area contributed by atoms with E-state index < -0.39 is 11.6 Å². The Hall–Kier alpha value is -1.49. The summed E-state index contributed by atoms with van der Waals surface area (Å²) in [6.45, 7) is 1.73. The van der Waals surface area contributed by atoms with Crippen LogP contribution in [-0.2, 0) is 11.3 Å². The van der Waals surface area contributed by atoms with Crippen molar-refractivity contribution < 1.29 is 13.6 Å². The fraction of sp³-hybridized carbons (Fsp3) is 0.417. The Balaban J connectivity index is 2.13. The first-order valence-corrected chi connectivity index (χ1v) is 5.60. The number of rotatable bonds is 2. The van der Waals surface area contributed by atoms with Gasteiger partial charge in [0.25, 0.3) is 0 Å². The van der Waals surface area contributed by atoms with Crippen molar-refractivity contribution in [3.8, 4) is 0 Å². The molecule has 0 aliphatic carbocycles. The van der Waals surface area contributed by atoms with Crippen LogP contribution in [0.1, 0.15) is 12.0 Å². The molecule has 1 aliphatic rings. The molecule has 1 amide bonds. The number of benzene rings is 1. The quantitative estimate of drug-likeness (QED) is 0.844. The fourth-order valence-electron chi connectivity index (χ4n) is 1.87. The molecule has 3 nitrogen and oxygen atoms in total. The van der Waals surface area contributed by atoms with E-state index in [4.69, 9.17) is 0 Å². The lowest BCUT2D eigenvalue weighted by Crippen LogP contribution is -2.34. The Kier molecular flexibility index (Phi) is 3.68. The second-order valence-electron chi connectivity index (χ2n) is 4.06. The minimum Gasteiger partial charge on any atom is -0.337 e. The average molecular weight is 240 g/mol. The van der Waals surface area contributed by atoms with Gasteiger partial charge in [0.15, 0.2) is 11.6 Å². The van der Waals surface area contributed by atoms with Crippen LogP contribution in [0.4, 0.5) is 8.78 Å². The van der Waals surface area contributed by atoms with Crippen molar-refractivity contribution in [2.75, 3.05) is 19.6 Å². The molecular weight excluding hydrogens is 226 g/mol. The summed E-state index contributed by atoms with van der Waals surface area (Å²) < 4.78 is 26.5. The average Bonchev–Trinajstić information content (AvgIpc) is 2.51. The molecule has 17 heavy (non-hydrogen) atoms. The molecule has 1 saturated heterocycles. The third-order valence-electron chi connectivity index (χ3n) is 2.80. The summed E-state index contributed by atoms with van der Waals surface area (Å²) >= 11 is 0. The Morgan fingerprint density at radius 1 is 1.35 bits per heavy atom. The molecular formula is C12H14F2N2O. The molecule has 1 aromatic rings. The zero-order chi connectivity index (χ0) is 12.3. The molecule has 0 spiro atoms. The van der Waals surface area contributed by atoms with Crippen LogP contribution < -0.4 is 5.32 Å². The van der Waals surface area contributed by atoms with Crippen LogP contribution in [0.2, 0.25) is 0 Å². The van der Waals surface area contributed by atoms with Gasteiger partial charge in [-0.1, -0.05) is 12.1 Å². The molecule has 1 N–H and O–H groups in total. The summed E-state index contributed by atoms with van der Waals surface area (Å²) in [6, 6.07) is 4.03. The Morgan fingerprint density at radius 2 is 2.18 bits per heavy atom. The lowest BCUT2D eigenvalue weighted by atomic mass is 10.2. The number of amides is 1. The van der Waals surface area contributed by atoms with Crippen LogP contribution >= 0.6 is 0 Å². The van der Waals surface area contributed by atoms with Crippen molar-refractivity contribution in [2.24, 2.45) is 0 Å². The summed E-state index contributed by atoms with van der Waals surface area (Å²) in [5.74, 6) is -1.81. The van der Waals surface area contributed by atoms with Crippen LogP contribution in [0.3, 0.4) is 0 Å². The SMILES string of the molecule is O=C1CNCCCN1Cc1cccc(F)c1F. The van der Waals surface area contributed by atoms with Gasteiger partial charge in [0, 0.05) is 18.7 Å². The predicted molar refractivity (Wildman–Crippen MR) is 59.3 cm³/mol. The monoisotopic (exact) mass is 240 g/mol. The van der Waals surface area contributed by atoms with E-state index in [1.807, 2.05) is 0 Å². The number of carbonyl (C=O) groups is 1. The largest absolute Gasteiger partial charge is 0.337 e. The summed E-state index contributed by atoms with van der Waals surface area (Å²) in [7, 11) is 0. The second-order valence-corrected chi connectivity index (χ2v) is 4.06. The van der Waals surface area contributed by atoms with Gasteiger partial charge in [0.1, 0.15) is 0 Å². The molecule has 1 aliphatic heterocycles. The van der Waals surface area contributed by atoms with Crippen LogP contribution in [0.15, 0.2) is 18.2 Å². The molecule has 5 heteroatoms. The highest BCUT2D eigenvalue weighted by Crippen LogP contribution is 2.14. The summed E-state index contributed by atoms with van der Waals surface area (Å²) in [6.07, 6.45) is 0.822. The number of carbonyl (C=O) groups excluding carboxylic acids is 1. The minimum absolute atomic E-state index is 0.0776. The Labute approximate surface area is 98.4 Å². The van der Waals surface area contributed by atoms with E-state index in [-0.39, 0.29) is 24.6 Å². The molecule has 2 rings (SSSR count). The topological polar surface area (TPSA) is 32.3 Å². The van der Waals surface area contributed by atoms with E-state index in [1.54, 1.807) is 4.90 Å². The molecule has 0 saturated carbocycles. The lowest BCUT2D eigenvalue weighted by molar-refractivity contribution is -0.130. The summed E-state index contributed by atoms with van der Waals surface area (Å²) in [5.41, 5.74) is 0.222. The molecule has 0 atom stereocenters. The maximum absolute atomic E-state index is 13.5. The highest BCUT2D eigenvalue weighted by atomic mass is 19.2. The zero-order valence-electron chi connectivity index (χ0n) is 9.38. The molecule has 0 bridgehead atoms. The molecule has 0 aromatic heterocycles. The van der Waals surface area contributed by atoms with Crippen molar-refractivity contribution in [3.63, 3.8) is 0 Å². The number of nitrogens with one attached hydrogen (secondary N) is 1. The normalized spacial score (nSPS) is 17.1. The van der Waals surface area contributed by atoms with Crippen LogP contribution in [-0.4, -0.2) is 30.4 Å². The first-order valence-electron chi connectivity index (χ1n) is 5.60. The molecule has 0 radical (unpaired) electrons. The van der Waals surface area contributed by atoms with Gasteiger partial charge in [0.2, 0.25) is 5.91 Å². The highest BCUT2D eigenvalue weighted by Gasteiger charge is 2.18. The van der Waals surface area contributed by atoms with E-state index in [1.165, 1.54) is 12.1 Å². The molecule has 92 valence electrons. The fourth-order valence-corrected chi connectivity index (χ4v) is 1.87. The van der Waals surface area contributed by atoms with Gasteiger partial charge < -0.3 is 10.2 Å². The number of halogens is 2. The lowest BCUT2D eigenvalue weighted by Gasteiger charge is -2.20. The van der Waals surface area contributed by atoms with Gasteiger partial charge in [-0.25, -0.2) is 8.78 Å². The van der Waals surface area contributed by atoms with Gasteiger partial charge in [0.05, 0.1) is 6.54 Å². The number of hydrogen-bond acceptors (Lipinski definition) is 2. The Bertz CT molecular complexity index is 423. The third-order valence-corrected chi connectivity index (χ3v) is 2.80. The molecule has 1 fully saturated rings. The maximum Gasteiger partial charge on any atom is 0.236 e. The minimum atomic E-state index is -0.872. The van der Waals surface area contributed by atoms with Crippen LogP contribution in [0.25, 0.3) is 0 Å². The van der Waals surface area contributed by atoms with Crippen molar-refractivity contribution in [2.45, 2.75) is 13.0 Å². The second kappa shape index (κ2) is 5.23. The van der Waals surface area contributed by atoms with Gasteiger partial charge >= 0.3 is 0 Å². The van der Waals surface area contributed by atoms with E-state index in [2.05, 4.69) is 5.32 Å². The maximum atomic E-state index is 13.5. The molecule has 1 aromatic carbocycles. The van der Waals surface area contributed by atoms with E-state index in [0.717, 1.165) is 19.0 Å². The van der Waals surface area contributed by atoms with Gasteiger partial charge in [-0.2, -0.15) is 0 Å². The summed E-state index contributed by atoms with van der Waals surface area (Å²) in [5, 5.41) is 2.98. The Morgan fingerprint density at radius 3 is 3.00 bits per heavy atom. The van der Waals surface area contributed by atoms with Crippen molar-refractivity contribution in [1.82, 2.24) is 10.2 Å². The molecule has 1 heterocycles. The molecule has 0 unspecified atom stereocenters. The zero-order valence-corrected chi connectivity index (χ0v) is 9.38. The number of hydrogen-bond donors (Lipinski definition) is 1. The smallest absolute Gasteiger partial charge is 0.236 e. The predicted octanol–water partition coefficient (Wildman–Crippen LogP) is 1.29. The van der Waals surface area contributed by atoms with Crippen molar-refractivity contribution in [1.29, 1.82) is 0 Å². The van der Waals surface area contributed by atoms with Gasteiger partial charge in [-0.05, 0) is 19.0 Å².